The number of nitrogens with zero attached hydrogens (tertiary/aromatic N) is 2. The summed E-state index contributed by atoms with van der Waals surface area (Å²) < 4.78 is 5.69. The molecule has 0 fully saturated rings. The number of hydrazone groups is 1. The van der Waals surface area contributed by atoms with E-state index >= 15 is 0 Å². The molecule has 1 aromatic heterocycles. The van der Waals surface area contributed by atoms with Gasteiger partial charge < -0.3 is 10.1 Å². The SMILES string of the molecule is O=C(COc1ccccc1C=NNc1nc(-c2ccccc2)cs1)Nc1ccccc1. The average molecular weight is 429 g/mol. The minimum Gasteiger partial charge on any atom is -0.483 e. The molecule has 31 heavy (non-hydrogen) atoms. The summed E-state index contributed by atoms with van der Waals surface area (Å²) in [4.78, 5) is 16.7. The third-order valence-corrected chi connectivity index (χ3v) is 5.02. The van der Waals surface area contributed by atoms with Crippen LogP contribution in [0.3, 0.4) is 0 Å². The molecular formula is C24H20N4O2S. The molecule has 1 heterocycles. The fourth-order valence-corrected chi connectivity index (χ4v) is 3.47. The highest BCUT2D eigenvalue weighted by molar-refractivity contribution is 7.14. The lowest BCUT2D eigenvalue weighted by Crippen LogP contribution is -2.20. The van der Waals surface area contributed by atoms with E-state index in [1.54, 1.807) is 12.3 Å². The van der Waals surface area contributed by atoms with Crippen LogP contribution in [0.4, 0.5) is 10.8 Å². The third kappa shape index (κ3) is 5.77. The van der Waals surface area contributed by atoms with Gasteiger partial charge in [0.05, 0.1) is 11.9 Å². The van der Waals surface area contributed by atoms with E-state index in [1.807, 2.05) is 84.2 Å². The number of amides is 1. The summed E-state index contributed by atoms with van der Waals surface area (Å²) in [6.45, 7) is -0.0971. The van der Waals surface area contributed by atoms with E-state index in [1.165, 1.54) is 11.3 Å². The largest absolute Gasteiger partial charge is 0.483 e. The van der Waals surface area contributed by atoms with E-state index < -0.39 is 0 Å². The second-order valence-corrected chi connectivity index (χ2v) is 7.37. The van der Waals surface area contributed by atoms with Crippen molar-refractivity contribution in [2.24, 2.45) is 5.10 Å². The highest BCUT2D eigenvalue weighted by atomic mass is 32.1. The zero-order valence-corrected chi connectivity index (χ0v) is 17.4. The van der Waals surface area contributed by atoms with E-state index in [0.29, 0.717) is 10.9 Å². The number of benzene rings is 3. The van der Waals surface area contributed by atoms with Crippen LogP contribution in [0.25, 0.3) is 11.3 Å². The number of hydrogen-bond donors (Lipinski definition) is 2. The van der Waals surface area contributed by atoms with Crippen LogP contribution in [0.2, 0.25) is 0 Å². The Bertz CT molecular complexity index is 1160. The molecule has 4 rings (SSSR count). The number of aromatic nitrogens is 1. The topological polar surface area (TPSA) is 75.6 Å². The summed E-state index contributed by atoms with van der Waals surface area (Å²) in [5.74, 6) is 0.340. The first kappa shape index (κ1) is 20.3. The van der Waals surface area contributed by atoms with Crippen LogP contribution < -0.4 is 15.5 Å². The number of rotatable bonds is 8. The van der Waals surface area contributed by atoms with Gasteiger partial charge in [0, 0.05) is 22.2 Å². The number of nitrogens with one attached hydrogen (secondary N) is 2. The number of carbonyl (C=O) groups is 1. The molecule has 2 N–H and O–H groups in total. The highest BCUT2D eigenvalue weighted by Gasteiger charge is 2.07. The maximum absolute atomic E-state index is 12.1. The molecule has 0 saturated heterocycles. The van der Waals surface area contributed by atoms with Crippen LogP contribution in [0.15, 0.2) is 95.4 Å². The molecule has 4 aromatic rings. The molecule has 6 nitrogen and oxygen atoms in total. The van der Waals surface area contributed by atoms with Crippen LogP contribution in [0.5, 0.6) is 5.75 Å². The first-order valence-corrected chi connectivity index (χ1v) is 10.5. The number of para-hydroxylation sites is 2. The lowest BCUT2D eigenvalue weighted by Gasteiger charge is -2.09. The Hall–Kier alpha value is -3.97. The molecule has 0 radical (unpaired) electrons. The molecule has 0 saturated carbocycles. The number of carbonyl (C=O) groups excluding carboxylic acids is 1. The number of anilines is 2. The second-order valence-electron chi connectivity index (χ2n) is 6.51. The van der Waals surface area contributed by atoms with Crippen molar-refractivity contribution in [2.45, 2.75) is 0 Å². The van der Waals surface area contributed by atoms with Crippen molar-refractivity contribution in [1.29, 1.82) is 0 Å². The summed E-state index contributed by atoms with van der Waals surface area (Å²) in [6, 6.07) is 26.6. The van der Waals surface area contributed by atoms with Crippen molar-refractivity contribution in [1.82, 2.24) is 4.98 Å². The quantitative estimate of drug-likeness (QED) is 0.296. The molecule has 0 aliphatic carbocycles. The lowest BCUT2D eigenvalue weighted by atomic mass is 10.2. The summed E-state index contributed by atoms with van der Waals surface area (Å²) in [5, 5.41) is 9.73. The molecule has 0 atom stereocenters. The Labute approximate surface area is 184 Å². The van der Waals surface area contributed by atoms with Gasteiger partial charge in [-0.25, -0.2) is 4.98 Å². The van der Waals surface area contributed by atoms with Gasteiger partial charge in [0.25, 0.3) is 5.91 Å². The van der Waals surface area contributed by atoms with E-state index in [2.05, 4.69) is 20.8 Å². The number of thiazole rings is 1. The minimum atomic E-state index is -0.229. The molecule has 1 amide bonds. The lowest BCUT2D eigenvalue weighted by molar-refractivity contribution is -0.118. The summed E-state index contributed by atoms with van der Waals surface area (Å²) >= 11 is 1.48. The van der Waals surface area contributed by atoms with Gasteiger partial charge in [0.15, 0.2) is 6.61 Å². The smallest absolute Gasteiger partial charge is 0.262 e. The molecule has 7 heteroatoms. The van der Waals surface area contributed by atoms with Gasteiger partial charge in [-0.2, -0.15) is 5.10 Å². The average Bonchev–Trinajstić information content (AvgIpc) is 3.29. The predicted octanol–water partition coefficient (Wildman–Crippen LogP) is 5.27. The molecule has 3 aromatic carbocycles. The first-order chi connectivity index (χ1) is 15.3. The molecule has 0 aliphatic rings. The highest BCUT2D eigenvalue weighted by Crippen LogP contribution is 2.24. The maximum atomic E-state index is 12.1. The van der Waals surface area contributed by atoms with Crippen LogP contribution in [-0.4, -0.2) is 23.7 Å². The fourth-order valence-electron chi connectivity index (χ4n) is 2.80. The van der Waals surface area contributed by atoms with Crippen molar-refractivity contribution in [3.8, 4) is 17.0 Å². The molecule has 0 unspecified atom stereocenters. The Balaban J connectivity index is 1.34. The van der Waals surface area contributed by atoms with Crippen molar-refractivity contribution in [3.63, 3.8) is 0 Å². The Kier molecular flexibility index (Phi) is 6.67. The van der Waals surface area contributed by atoms with Crippen molar-refractivity contribution >= 4 is 34.3 Å². The Morgan fingerprint density at radius 3 is 2.48 bits per heavy atom. The number of ether oxygens (including phenoxy) is 1. The standard InChI is InChI=1S/C24H20N4O2S/c29-23(26-20-12-5-2-6-13-20)16-30-22-14-8-7-11-19(22)15-25-28-24-27-21(17-31-24)18-9-3-1-4-10-18/h1-15,17H,16H2,(H,26,29)(H,27,28). The van der Waals surface area contributed by atoms with Crippen LogP contribution >= 0.6 is 11.3 Å². The third-order valence-electron chi connectivity index (χ3n) is 4.27. The van der Waals surface area contributed by atoms with Crippen LogP contribution in [0, 0.1) is 0 Å². The zero-order chi connectivity index (χ0) is 21.3. The molecular weight excluding hydrogens is 408 g/mol. The normalized spacial score (nSPS) is 10.7. The van der Waals surface area contributed by atoms with E-state index in [4.69, 9.17) is 4.74 Å². The summed E-state index contributed by atoms with van der Waals surface area (Å²) in [7, 11) is 0. The Morgan fingerprint density at radius 2 is 1.68 bits per heavy atom. The molecule has 154 valence electrons. The van der Waals surface area contributed by atoms with Gasteiger partial charge >= 0.3 is 0 Å². The second kappa shape index (κ2) is 10.2. The Morgan fingerprint density at radius 1 is 0.968 bits per heavy atom. The van der Waals surface area contributed by atoms with Gasteiger partial charge in [-0.1, -0.05) is 60.7 Å². The van der Waals surface area contributed by atoms with Crippen LogP contribution in [-0.2, 0) is 4.79 Å². The van der Waals surface area contributed by atoms with Gasteiger partial charge in [-0.05, 0) is 24.3 Å². The molecule has 0 bridgehead atoms. The first-order valence-electron chi connectivity index (χ1n) is 9.65. The number of hydrogen-bond acceptors (Lipinski definition) is 6. The predicted molar refractivity (Wildman–Crippen MR) is 126 cm³/mol. The molecule has 0 spiro atoms. The van der Waals surface area contributed by atoms with Crippen LogP contribution in [0.1, 0.15) is 5.56 Å². The maximum Gasteiger partial charge on any atom is 0.262 e. The van der Waals surface area contributed by atoms with E-state index in [-0.39, 0.29) is 12.5 Å². The molecule has 0 aliphatic heterocycles. The van der Waals surface area contributed by atoms with E-state index in [9.17, 15) is 4.79 Å². The van der Waals surface area contributed by atoms with Crippen molar-refractivity contribution in [3.05, 3.63) is 95.9 Å². The fraction of sp³-hybridized carbons (Fsp3) is 0.0417. The minimum absolute atomic E-state index is 0.0971. The van der Waals surface area contributed by atoms with Crippen molar-refractivity contribution < 1.29 is 9.53 Å². The summed E-state index contributed by atoms with van der Waals surface area (Å²) in [6.07, 6.45) is 1.65. The van der Waals surface area contributed by atoms with Gasteiger partial charge in [0.1, 0.15) is 5.75 Å². The van der Waals surface area contributed by atoms with Gasteiger partial charge in [-0.3, -0.25) is 10.2 Å². The zero-order valence-electron chi connectivity index (χ0n) is 16.6. The van der Waals surface area contributed by atoms with E-state index in [0.717, 1.165) is 22.5 Å². The van der Waals surface area contributed by atoms with Crippen molar-refractivity contribution in [2.75, 3.05) is 17.3 Å². The van der Waals surface area contributed by atoms with Gasteiger partial charge in [0.2, 0.25) is 5.13 Å². The van der Waals surface area contributed by atoms with Gasteiger partial charge in [-0.15, -0.1) is 11.3 Å². The monoisotopic (exact) mass is 428 g/mol. The summed E-state index contributed by atoms with van der Waals surface area (Å²) in [5.41, 5.74) is 6.39.